The summed E-state index contributed by atoms with van der Waals surface area (Å²) >= 11 is 0. The zero-order valence-electron chi connectivity index (χ0n) is 12.3. The van der Waals surface area contributed by atoms with Crippen LogP contribution in [0.25, 0.3) is 11.1 Å². The van der Waals surface area contributed by atoms with E-state index < -0.39 is 6.03 Å². The van der Waals surface area contributed by atoms with Gasteiger partial charge < -0.3 is 11.1 Å². The summed E-state index contributed by atoms with van der Waals surface area (Å²) in [6, 6.07) is 15.4. The van der Waals surface area contributed by atoms with E-state index in [1.54, 1.807) is 0 Å². The van der Waals surface area contributed by atoms with Gasteiger partial charge in [0.1, 0.15) is 0 Å². The first-order valence-electron chi connectivity index (χ1n) is 6.95. The third-order valence-corrected chi connectivity index (χ3v) is 2.86. The van der Waals surface area contributed by atoms with Crippen LogP contribution in [0.5, 0.6) is 0 Å². The number of benzene rings is 2. The molecule has 0 aliphatic carbocycles. The minimum Gasteiger partial charge on any atom is -0.351 e. The third kappa shape index (κ3) is 4.12. The summed E-state index contributed by atoms with van der Waals surface area (Å²) < 4.78 is 0. The van der Waals surface area contributed by atoms with Gasteiger partial charge in [-0.05, 0) is 35.2 Å². The van der Waals surface area contributed by atoms with Gasteiger partial charge in [-0.25, -0.2) is 4.79 Å². The van der Waals surface area contributed by atoms with E-state index >= 15 is 0 Å². The number of aryl methyl sites for hydroxylation is 1. The predicted octanol–water partition coefficient (Wildman–Crippen LogP) is 4.43. The Morgan fingerprint density at radius 3 is 2.20 bits per heavy atom. The summed E-state index contributed by atoms with van der Waals surface area (Å²) in [6.45, 7) is 6.14. The van der Waals surface area contributed by atoms with Crippen molar-refractivity contribution in [3.63, 3.8) is 0 Å². The number of nitrogens with two attached hydrogens (primary N) is 1. The summed E-state index contributed by atoms with van der Waals surface area (Å²) in [7, 11) is 0. The number of primary amides is 1. The van der Waals surface area contributed by atoms with Gasteiger partial charge in [-0.1, -0.05) is 57.2 Å². The fourth-order valence-electron chi connectivity index (χ4n) is 1.99. The van der Waals surface area contributed by atoms with Crippen LogP contribution < -0.4 is 11.1 Å². The van der Waals surface area contributed by atoms with E-state index in [0.29, 0.717) is 5.69 Å². The zero-order valence-corrected chi connectivity index (χ0v) is 12.3. The average molecular weight is 270 g/mol. The number of carbonyl (C=O) groups excluding carboxylic acids is 1. The van der Waals surface area contributed by atoms with Crippen molar-refractivity contribution in [2.45, 2.75) is 27.2 Å². The van der Waals surface area contributed by atoms with E-state index in [1.165, 1.54) is 11.1 Å². The second kappa shape index (κ2) is 8.00. The van der Waals surface area contributed by atoms with Crippen LogP contribution in [0.15, 0.2) is 48.5 Å². The van der Waals surface area contributed by atoms with Gasteiger partial charge in [0.15, 0.2) is 0 Å². The lowest BCUT2D eigenvalue weighted by Gasteiger charge is -2.09. The van der Waals surface area contributed by atoms with Crippen molar-refractivity contribution in [3.8, 4) is 11.1 Å². The highest BCUT2D eigenvalue weighted by molar-refractivity contribution is 5.88. The lowest BCUT2D eigenvalue weighted by Crippen LogP contribution is -2.19. The highest BCUT2D eigenvalue weighted by atomic mass is 16.2. The first-order valence-corrected chi connectivity index (χ1v) is 6.95. The van der Waals surface area contributed by atoms with Crippen molar-refractivity contribution in [1.29, 1.82) is 0 Å². The average Bonchev–Trinajstić information content (AvgIpc) is 2.49. The molecule has 2 aromatic carbocycles. The normalized spacial score (nSPS) is 9.35. The lowest BCUT2D eigenvalue weighted by molar-refractivity contribution is 0.259. The van der Waals surface area contributed by atoms with Crippen LogP contribution in [0.4, 0.5) is 10.5 Å². The molecule has 0 radical (unpaired) electrons. The van der Waals surface area contributed by atoms with Crippen LogP contribution in [0.1, 0.15) is 26.3 Å². The zero-order chi connectivity index (χ0) is 15.0. The van der Waals surface area contributed by atoms with Gasteiger partial charge in [-0.15, -0.1) is 0 Å². The van der Waals surface area contributed by atoms with Gasteiger partial charge in [0.05, 0.1) is 0 Å². The molecule has 2 aromatic rings. The van der Waals surface area contributed by atoms with Crippen LogP contribution >= 0.6 is 0 Å². The van der Waals surface area contributed by atoms with Gasteiger partial charge in [-0.2, -0.15) is 0 Å². The third-order valence-electron chi connectivity index (χ3n) is 2.86. The SMILES string of the molecule is CC.CCc1ccccc1-c1ccc(NC(N)=O)cc1. The van der Waals surface area contributed by atoms with Gasteiger partial charge in [0.2, 0.25) is 0 Å². The Hall–Kier alpha value is -2.29. The molecule has 0 unspecified atom stereocenters. The summed E-state index contributed by atoms with van der Waals surface area (Å²) in [5, 5.41) is 2.55. The molecule has 3 nitrogen and oxygen atoms in total. The van der Waals surface area contributed by atoms with E-state index in [2.05, 4.69) is 24.4 Å². The molecule has 0 bridgehead atoms. The van der Waals surface area contributed by atoms with Crippen LogP contribution in [-0.2, 0) is 6.42 Å². The molecule has 106 valence electrons. The lowest BCUT2D eigenvalue weighted by atomic mass is 9.98. The Bertz CT molecular complexity index is 547. The summed E-state index contributed by atoms with van der Waals surface area (Å²) in [6.07, 6.45) is 0.997. The van der Waals surface area contributed by atoms with Crippen molar-refractivity contribution in [2.75, 3.05) is 5.32 Å². The number of carbonyl (C=O) groups is 1. The van der Waals surface area contributed by atoms with E-state index in [0.717, 1.165) is 12.0 Å². The highest BCUT2D eigenvalue weighted by Gasteiger charge is 2.03. The standard InChI is InChI=1S/C15H16N2O.C2H6/c1-2-11-5-3-4-6-14(11)12-7-9-13(10-8-12)17-15(16)18;1-2/h3-10H,2H2,1H3,(H3,16,17,18);1-2H3. The first kappa shape index (κ1) is 15.8. The maximum atomic E-state index is 10.7. The molecule has 3 heteroatoms. The maximum Gasteiger partial charge on any atom is 0.316 e. The molecule has 0 fully saturated rings. The van der Waals surface area contributed by atoms with E-state index in [9.17, 15) is 4.79 Å². The van der Waals surface area contributed by atoms with E-state index in [4.69, 9.17) is 5.73 Å². The number of rotatable bonds is 3. The minimum atomic E-state index is -0.545. The quantitative estimate of drug-likeness (QED) is 0.851. The fourth-order valence-corrected chi connectivity index (χ4v) is 1.99. The summed E-state index contributed by atoms with van der Waals surface area (Å²) in [5.41, 5.74) is 9.46. The monoisotopic (exact) mass is 270 g/mol. The first-order chi connectivity index (χ1) is 9.70. The Morgan fingerprint density at radius 1 is 1.05 bits per heavy atom. The van der Waals surface area contributed by atoms with Gasteiger partial charge in [-0.3, -0.25) is 0 Å². The number of hydrogen-bond acceptors (Lipinski definition) is 1. The number of amides is 2. The highest BCUT2D eigenvalue weighted by Crippen LogP contribution is 2.25. The molecule has 20 heavy (non-hydrogen) atoms. The molecule has 0 atom stereocenters. The topological polar surface area (TPSA) is 55.1 Å². The number of hydrogen-bond donors (Lipinski definition) is 2. The van der Waals surface area contributed by atoms with Crippen molar-refractivity contribution in [1.82, 2.24) is 0 Å². The summed E-state index contributed by atoms with van der Waals surface area (Å²) in [4.78, 5) is 10.7. The Kier molecular flexibility index (Phi) is 6.30. The van der Waals surface area contributed by atoms with Crippen molar-refractivity contribution >= 4 is 11.7 Å². The predicted molar refractivity (Wildman–Crippen MR) is 85.8 cm³/mol. The molecule has 0 heterocycles. The summed E-state index contributed by atoms with van der Waals surface area (Å²) in [5.74, 6) is 0. The second-order valence-electron chi connectivity index (χ2n) is 4.08. The molecule has 0 spiro atoms. The fraction of sp³-hybridized carbons (Fsp3) is 0.235. The van der Waals surface area contributed by atoms with Crippen LogP contribution in [0, 0.1) is 0 Å². The van der Waals surface area contributed by atoms with Gasteiger partial charge in [0.25, 0.3) is 0 Å². The molecular formula is C17H22N2O. The van der Waals surface area contributed by atoms with Crippen LogP contribution in [-0.4, -0.2) is 6.03 Å². The molecule has 0 saturated heterocycles. The Morgan fingerprint density at radius 2 is 1.65 bits per heavy atom. The molecule has 0 aromatic heterocycles. The van der Waals surface area contributed by atoms with Crippen molar-refractivity contribution in [3.05, 3.63) is 54.1 Å². The van der Waals surface area contributed by atoms with E-state index in [1.807, 2.05) is 50.2 Å². The van der Waals surface area contributed by atoms with Gasteiger partial charge in [0, 0.05) is 5.69 Å². The van der Waals surface area contributed by atoms with Crippen LogP contribution in [0.2, 0.25) is 0 Å². The Labute approximate surface area is 120 Å². The maximum absolute atomic E-state index is 10.7. The molecule has 0 aliphatic heterocycles. The molecule has 3 N–H and O–H groups in total. The number of anilines is 1. The van der Waals surface area contributed by atoms with Crippen LogP contribution in [0.3, 0.4) is 0 Å². The van der Waals surface area contributed by atoms with Crippen molar-refractivity contribution in [2.24, 2.45) is 5.73 Å². The molecule has 2 amide bonds. The Balaban J connectivity index is 0.000000956. The van der Waals surface area contributed by atoms with Crippen molar-refractivity contribution < 1.29 is 4.79 Å². The van der Waals surface area contributed by atoms with E-state index in [-0.39, 0.29) is 0 Å². The molecular weight excluding hydrogens is 248 g/mol. The second-order valence-corrected chi connectivity index (χ2v) is 4.08. The smallest absolute Gasteiger partial charge is 0.316 e. The number of nitrogens with one attached hydrogen (secondary N) is 1. The largest absolute Gasteiger partial charge is 0.351 e. The molecule has 0 aliphatic rings. The minimum absolute atomic E-state index is 0.545. The molecule has 0 saturated carbocycles. The van der Waals surface area contributed by atoms with Gasteiger partial charge >= 0.3 is 6.03 Å². The number of urea groups is 1. The molecule has 2 rings (SSSR count).